The maximum atomic E-state index is 13.4. The predicted octanol–water partition coefficient (Wildman–Crippen LogP) is 4.20. The second-order valence-electron chi connectivity index (χ2n) is 6.59. The number of halogens is 2. The second-order valence-corrected chi connectivity index (χ2v) is 7.81. The van der Waals surface area contributed by atoms with Crippen LogP contribution in [0, 0.1) is 17.6 Å². The number of benzene rings is 1. The zero-order valence-electron chi connectivity index (χ0n) is 13.3. The summed E-state index contributed by atoms with van der Waals surface area (Å²) in [6.45, 7) is 1.45. The quantitative estimate of drug-likeness (QED) is 0.822. The monoisotopic (exact) mass is 339 g/mol. The minimum absolute atomic E-state index is 0.222. The lowest BCUT2D eigenvalue weighted by Crippen LogP contribution is -2.39. The number of piperidine rings is 1. The summed E-state index contributed by atoms with van der Waals surface area (Å²) in [5, 5.41) is 0. The molecular weight excluding hydrogens is 316 g/mol. The zero-order chi connectivity index (χ0) is 16.2. The molecule has 0 N–H and O–H groups in total. The van der Waals surface area contributed by atoms with E-state index in [1.54, 1.807) is 6.07 Å². The third kappa shape index (κ3) is 4.25. The molecule has 2 fully saturated rings. The van der Waals surface area contributed by atoms with Crippen LogP contribution < -0.4 is 0 Å². The second kappa shape index (κ2) is 7.65. The Kier molecular flexibility index (Phi) is 5.57. The summed E-state index contributed by atoms with van der Waals surface area (Å²) in [7, 11) is 0. The fourth-order valence-corrected chi connectivity index (χ4v) is 4.76. The molecule has 1 amide bonds. The number of rotatable bonds is 3. The summed E-state index contributed by atoms with van der Waals surface area (Å²) in [5.41, 5.74) is 0.848. The first-order valence-electron chi connectivity index (χ1n) is 8.44. The Morgan fingerprint density at radius 3 is 2.43 bits per heavy atom. The van der Waals surface area contributed by atoms with Crippen molar-refractivity contribution in [1.82, 2.24) is 4.90 Å². The van der Waals surface area contributed by atoms with Gasteiger partial charge >= 0.3 is 0 Å². The maximum absolute atomic E-state index is 13.4. The molecule has 2 aliphatic heterocycles. The lowest BCUT2D eigenvalue weighted by Gasteiger charge is -2.33. The number of nitrogens with zero attached hydrogens (tertiary/aromatic N) is 1. The highest BCUT2D eigenvalue weighted by Gasteiger charge is 2.26. The molecule has 0 aromatic heterocycles. The fraction of sp³-hybridized carbons (Fsp3) is 0.611. The Hall–Kier alpha value is -1.10. The average Bonchev–Trinajstić information content (AvgIpc) is 2.58. The van der Waals surface area contributed by atoms with Crippen LogP contribution in [0.5, 0.6) is 0 Å². The van der Waals surface area contributed by atoms with E-state index in [1.165, 1.54) is 23.6 Å². The van der Waals surface area contributed by atoms with Crippen molar-refractivity contribution in [3.05, 3.63) is 35.4 Å². The van der Waals surface area contributed by atoms with Crippen LogP contribution in [0.15, 0.2) is 18.2 Å². The van der Waals surface area contributed by atoms with Gasteiger partial charge in [0.2, 0.25) is 5.91 Å². The summed E-state index contributed by atoms with van der Waals surface area (Å²) in [6, 6.07) is 4.17. The molecule has 2 saturated heterocycles. The van der Waals surface area contributed by atoms with Crippen LogP contribution in [0.1, 0.15) is 43.6 Å². The lowest BCUT2D eigenvalue weighted by atomic mass is 9.89. The summed E-state index contributed by atoms with van der Waals surface area (Å²) in [4.78, 5) is 14.4. The standard InChI is InChI=1S/C18H23F2NOS/c19-16-2-1-15(12-17(16)20)14-3-7-21(8-4-14)18(22)11-13-5-9-23-10-6-13/h1-2,12-14H,3-11H2. The number of likely N-dealkylation sites (tertiary alicyclic amines) is 1. The topological polar surface area (TPSA) is 20.3 Å². The Balaban J connectivity index is 1.51. The largest absolute Gasteiger partial charge is 0.343 e. The van der Waals surface area contributed by atoms with Crippen molar-refractivity contribution in [1.29, 1.82) is 0 Å². The number of carbonyl (C=O) groups excluding carboxylic acids is 1. The molecule has 0 atom stereocenters. The molecule has 1 aromatic rings. The number of carbonyl (C=O) groups is 1. The van der Waals surface area contributed by atoms with Crippen molar-refractivity contribution in [2.24, 2.45) is 5.92 Å². The van der Waals surface area contributed by atoms with Crippen molar-refractivity contribution in [3.8, 4) is 0 Å². The predicted molar refractivity (Wildman–Crippen MR) is 89.6 cm³/mol. The lowest BCUT2D eigenvalue weighted by molar-refractivity contribution is -0.133. The molecule has 126 valence electrons. The van der Waals surface area contributed by atoms with Gasteiger partial charge in [0.1, 0.15) is 0 Å². The molecule has 2 heterocycles. The summed E-state index contributed by atoms with van der Waals surface area (Å²) in [5.74, 6) is 1.81. The van der Waals surface area contributed by atoms with Gasteiger partial charge in [-0.05, 0) is 66.7 Å². The van der Waals surface area contributed by atoms with E-state index in [0.717, 1.165) is 44.3 Å². The van der Waals surface area contributed by atoms with Crippen LogP contribution in [0.25, 0.3) is 0 Å². The van der Waals surface area contributed by atoms with E-state index in [1.807, 2.05) is 16.7 Å². The first-order valence-corrected chi connectivity index (χ1v) is 9.59. The number of amides is 1. The van der Waals surface area contributed by atoms with Crippen LogP contribution in [0.3, 0.4) is 0 Å². The molecule has 0 aliphatic carbocycles. The Labute approximate surface area is 140 Å². The van der Waals surface area contributed by atoms with Crippen LogP contribution in [-0.2, 0) is 4.79 Å². The number of hydrogen-bond donors (Lipinski definition) is 0. The average molecular weight is 339 g/mol. The molecule has 23 heavy (non-hydrogen) atoms. The Morgan fingerprint density at radius 1 is 1.09 bits per heavy atom. The van der Waals surface area contributed by atoms with Gasteiger partial charge in [-0.1, -0.05) is 6.07 Å². The van der Waals surface area contributed by atoms with Gasteiger partial charge in [0, 0.05) is 19.5 Å². The van der Waals surface area contributed by atoms with Gasteiger partial charge in [-0.15, -0.1) is 0 Å². The molecule has 2 nitrogen and oxygen atoms in total. The molecule has 0 saturated carbocycles. The molecule has 0 bridgehead atoms. The summed E-state index contributed by atoms with van der Waals surface area (Å²) in [6.07, 6.45) is 4.65. The van der Waals surface area contributed by atoms with E-state index in [9.17, 15) is 13.6 Å². The minimum Gasteiger partial charge on any atom is -0.343 e. The Bertz CT molecular complexity index is 552. The van der Waals surface area contributed by atoms with Gasteiger partial charge in [0.25, 0.3) is 0 Å². The van der Waals surface area contributed by atoms with Gasteiger partial charge in [0.05, 0.1) is 0 Å². The minimum atomic E-state index is -0.799. The third-order valence-electron chi connectivity index (χ3n) is 5.07. The van der Waals surface area contributed by atoms with E-state index in [-0.39, 0.29) is 11.8 Å². The third-order valence-corrected chi connectivity index (χ3v) is 6.12. The molecule has 2 aliphatic rings. The maximum Gasteiger partial charge on any atom is 0.222 e. The number of hydrogen-bond acceptors (Lipinski definition) is 2. The molecule has 0 unspecified atom stereocenters. The Morgan fingerprint density at radius 2 is 1.78 bits per heavy atom. The van der Waals surface area contributed by atoms with Crippen molar-refractivity contribution < 1.29 is 13.6 Å². The molecule has 0 spiro atoms. The van der Waals surface area contributed by atoms with Gasteiger partial charge in [-0.3, -0.25) is 4.79 Å². The molecular formula is C18H23F2NOS. The van der Waals surface area contributed by atoms with Crippen LogP contribution in [0.4, 0.5) is 8.78 Å². The smallest absolute Gasteiger partial charge is 0.222 e. The van der Waals surface area contributed by atoms with Gasteiger partial charge in [-0.2, -0.15) is 11.8 Å². The highest BCUT2D eigenvalue weighted by molar-refractivity contribution is 7.99. The van der Waals surface area contributed by atoms with E-state index >= 15 is 0 Å². The summed E-state index contributed by atoms with van der Waals surface area (Å²) < 4.78 is 26.4. The van der Waals surface area contributed by atoms with Crippen molar-refractivity contribution in [3.63, 3.8) is 0 Å². The van der Waals surface area contributed by atoms with E-state index < -0.39 is 11.6 Å². The van der Waals surface area contributed by atoms with Gasteiger partial charge in [0.15, 0.2) is 11.6 Å². The molecule has 5 heteroatoms. The van der Waals surface area contributed by atoms with E-state index in [4.69, 9.17) is 0 Å². The number of thioether (sulfide) groups is 1. The molecule has 1 aromatic carbocycles. The van der Waals surface area contributed by atoms with E-state index in [2.05, 4.69) is 0 Å². The highest BCUT2D eigenvalue weighted by atomic mass is 32.2. The van der Waals surface area contributed by atoms with Gasteiger partial charge in [-0.25, -0.2) is 8.78 Å². The SMILES string of the molecule is O=C(CC1CCSCC1)N1CCC(c2ccc(F)c(F)c2)CC1. The zero-order valence-corrected chi connectivity index (χ0v) is 14.1. The van der Waals surface area contributed by atoms with Crippen LogP contribution in [-0.4, -0.2) is 35.4 Å². The summed E-state index contributed by atoms with van der Waals surface area (Å²) >= 11 is 1.98. The van der Waals surface area contributed by atoms with E-state index in [0.29, 0.717) is 12.3 Å². The molecule has 3 rings (SSSR count). The van der Waals surface area contributed by atoms with Crippen LogP contribution >= 0.6 is 11.8 Å². The fourth-order valence-electron chi connectivity index (χ4n) is 3.56. The first-order chi connectivity index (χ1) is 11.1. The van der Waals surface area contributed by atoms with Crippen LogP contribution in [0.2, 0.25) is 0 Å². The first kappa shape index (κ1) is 16.7. The normalized spacial score (nSPS) is 20.7. The van der Waals surface area contributed by atoms with Crippen molar-refractivity contribution in [2.45, 2.75) is 38.0 Å². The molecule has 0 radical (unpaired) electrons. The highest BCUT2D eigenvalue weighted by Crippen LogP contribution is 2.31. The van der Waals surface area contributed by atoms with Gasteiger partial charge < -0.3 is 4.90 Å². The van der Waals surface area contributed by atoms with Crippen molar-refractivity contribution in [2.75, 3.05) is 24.6 Å². The van der Waals surface area contributed by atoms with Crippen molar-refractivity contribution >= 4 is 17.7 Å².